The first kappa shape index (κ1) is 12.0. The molecule has 1 aliphatic heterocycles. The zero-order valence-corrected chi connectivity index (χ0v) is 10.4. The van der Waals surface area contributed by atoms with Gasteiger partial charge in [-0.25, -0.2) is 0 Å². The zero-order valence-electron chi connectivity index (χ0n) is 10.4. The Hall–Kier alpha value is -1.51. The predicted octanol–water partition coefficient (Wildman–Crippen LogP) is 2.55. The van der Waals surface area contributed by atoms with Crippen LogP contribution < -0.4 is 4.90 Å². The lowest BCUT2D eigenvalue weighted by atomic mass is 9.84. The molecule has 0 radical (unpaired) electrons. The van der Waals surface area contributed by atoms with E-state index in [0.29, 0.717) is 11.8 Å². The van der Waals surface area contributed by atoms with Gasteiger partial charge in [-0.1, -0.05) is 26.0 Å². The lowest BCUT2D eigenvalue weighted by Crippen LogP contribution is -2.53. The summed E-state index contributed by atoms with van der Waals surface area (Å²) >= 11 is 0. The Labute approximate surface area is 102 Å². The quantitative estimate of drug-likeness (QED) is 0.868. The third-order valence-corrected chi connectivity index (χ3v) is 3.17. The summed E-state index contributed by atoms with van der Waals surface area (Å²) < 4.78 is 0. The van der Waals surface area contributed by atoms with Gasteiger partial charge in [0.15, 0.2) is 0 Å². The van der Waals surface area contributed by atoms with Crippen molar-refractivity contribution in [3.63, 3.8) is 0 Å². The Kier molecular flexibility index (Phi) is 3.09. The van der Waals surface area contributed by atoms with Gasteiger partial charge < -0.3 is 10.0 Å². The Morgan fingerprint density at radius 1 is 1.29 bits per heavy atom. The average Bonchev–Trinajstić information content (AvgIpc) is 2.24. The molecule has 0 aliphatic carbocycles. The van der Waals surface area contributed by atoms with Gasteiger partial charge in [-0.3, -0.25) is 4.79 Å². The summed E-state index contributed by atoms with van der Waals surface area (Å²) in [5.74, 6) is -0.737. The summed E-state index contributed by atoms with van der Waals surface area (Å²) in [6, 6.07) is 8.24. The molecule has 92 valence electrons. The van der Waals surface area contributed by atoms with Crippen LogP contribution in [0.5, 0.6) is 0 Å². The van der Waals surface area contributed by atoms with E-state index >= 15 is 0 Å². The van der Waals surface area contributed by atoms with Crippen molar-refractivity contribution in [3.8, 4) is 0 Å². The van der Waals surface area contributed by atoms with E-state index in [0.717, 1.165) is 18.7 Å². The second-order valence-electron chi connectivity index (χ2n) is 5.58. The molecule has 1 aromatic carbocycles. The van der Waals surface area contributed by atoms with Crippen LogP contribution in [-0.4, -0.2) is 24.2 Å². The molecule has 0 amide bonds. The number of benzene rings is 1. The minimum absolute atomic E-state index is 0.204. The topological polar surface area (TPSA) is 40.5 Å². The largest absolute Gasteiger partial charge is 0.481 e. The van der Waals surface area contributed by atoms with Gasteiger partial charge in [0.05, 0.1) is 0 Å². The van der Waals surface area contributed by atoms with E-state index in [1.54, 1.807) is 0 Å². The van der Waals surface area contributed by atoms with Gasteiger partial charge in [0.25, 0.3) is 0 Å². The summed E-state index contributed by atoms with van der Waals surface area (Å²) in [6.45, 7) is 6.73. The minimum Gasteiger partial charge on any atom is -0.481 e. The van der Waals surface area contributed by atoms with Crippen molar-refractivity contribution in [3.05, 3.63) is 29.8 Å². The predicted molar refractivity (Wildman–Crippen MR) is 68.4 cm³/mol. The zero-order chi connectivity index (χ0) is 12.5. The third-order valence-electron chi connectivity index (χ3n) is 3.17. The van der Waals surface area contributed by atoms with Gasteiger partial charge in [0.2, 0.25) is 0 Å². The molecule has 1 N–H and O–H groups in total. The number of hydrogen-bond donors (Lipinski definition) is 1. The molecule has 1 saturated heterocycles. The number of aryl methyl sites for hydroxylation is 1. The third kappa shape index (κ3) is 2.99. The van der Waals surface area contributed by atoms with Crippen LogP contribution in [0.15, 0.2) is 24.3 Å². The van der Waals surface area contributed by atoms with E-state index in [1.165, 1.54) is 5.69 Å². The highest BCUT2D eigenvalue weighted by Crippen LogP contribution is 2.33. The number of nitrogens with zero attached hydrogens (tertiary/aromatic N) is 1. The molecule has 0 atom stereocenters. The molecule has 0 spiro atoms. The lowest BCUT2D eigenvalue weighted by Gasteiger charge is -2.47. The molecular weight excluding hydrogens is 214 g/mol. The summed E-state index contributed by atoms with van der Waals surface area (Å²) in [4.78, 5) is 12.8. The number of aliphatic carboxylic acids is 1. The number of anilines is 1. The second kappa shape index (κ2) is 4.40. The van der Waals surface area contributed by atoms with Gasteiger partial charge in [-0.05, 0) is 29.5 Å². The summed E-state index contributed by atoms with van der Waals surface area (Å²) in [5.41, 5.74) is 2.77. The molecule has 3 nitrogen and oxygen atoms in total. The standard InChI is InChI=1S/C14H19NO2/c1-14(2)9-15(10-14)12-6-3-11(4-7-12)5-8-13(16)17/h3-4,6-7H,5,8-10H2,1-2H3,(H,16,17). The molecule has 0 saturated carbocycles. The monoisotopic (exact) mass is 233 g/mol. The fourth-order valence-corrected chi connectivity index (χ4v) is 2.29. The Morgan fingerprint density at radius 3 is 2.35 bits per heavy atom. The average molecular weight is 233 g/mol. The molecular formula is C14H19NO2. The Balaban J connectivity index is 1.92. The number of carboxylic acid groups (broad SMARTS) is 1. The first-order chi connectivity index (χ1) is 7.96. The van der Waals surface area contributed by atoms with Gasteiger partial charge in [0.1, 0.15) is 0 Å². The smallest absolute Gasteiger partial charge is 0.303 e. The molecule has 0 unspecified atom stereocenters. The van der Waals surface area contributed by atoms with E-state index in [2.05, 4.69) is 30.9 Å². The van der Waals surface area contributed by atoms with Crippen LogP contribution in [0.2, 0.25) is 0 Å². The van der Waals surface area contributed by atoms with E-state index in [-0.39, 0.29) is 6.42 Å². The molecule has 17 heavy (non-hydrogen) atoms. The SMILES string of the molecule is CC1(C)CN(c2ccc(CCC(=O)O)cc2)C1. The van der Waals surface area contributed by atoms with Crippen molar-refractivity contribution in [2.45, 2.75) is 26.7 Å². The molecule has 2 rings (SSSR count). The van der Waals surface area contributed by atoms with Crippen molar-refractivity contribution in [2.75, 3.05) is 18.0 Å². The normalized spacial score (nSPS) is 17.6. The molecule has 1 heterocycles. The summed E-state index contributed by atoms with van der Waals surface area (Å²) in [6.07, 6.45) is 0.817. The van der Waals surface area contributed by atoms with E-state index in [9.17, 15) is 4.79 Å². The van der Waals surface area contributed by atoms with Crippen molar-refractivity contribution in [1.29, 1.82) is 0 Å². The maximum atomic E-state index is 10.5. The van der Waals surface area contributed by atoms with Crippen LogP contribution in [0.1, 0.15) is 25.8 Å². The Morgan fingerprint density at radius 2 is 1.88 bits per heavy atom. The molecule has 0 aromatic heterocycles. The fourth-order valence-electron chi connectivity index (χ4n) is 2.29. The van der Waals surface area contributed by atoms with Crippen LogP contribution in [-0.2, 0) is 11.2 Å². The van der Waals surface area contributed by atoms with Crippen LogP contribution in [0.4, 0.5) is 5.69 Å². The maximum absolute atomic E-state index is 10.5. The van der Waals surface area contributed by atoms with Gasteiger partial charge in [-0.2, -0.15) is 0 Å². The molecule has 1 fully saturated rings. The number of carbonyl (C=O) groups is 1. The molecule has 3 heteroatoms. The van der Waals surface area contributed by atoms with Crippen LogP contribution >= 0.6 is 0 Å². The van der Waals surface area contributed by atoms with Crippen molar-refractivity contribution in [2.24, 2.45) is 5.41 Å². The van der Waals surface area contributed by atoms with E-state index < -0.39 is 5.97 Å². The van der Waals surface area contributed by atoms with E-state index in [1.807, 2.05) is 12.1 Å². The van der Waals surface area contributed by atoms with Crippen molar-refractivity contribution >= 4 is 11.7 Å². The highest BCUT2D eigenvalue weighted by atomic mass is 16.4. The highest BCUT2D eigenvalue weighted by Gasteiger charge is 2.33. The first-order valence-corrected chi connectivity index (χ1v) is 6.02. The van der Waals surface area contributed by atoms with Crippen LogP contribution in [0, 0.1) is 5.41 Å². The van der Waals surface area contributed by atoms with Crippen LogP contribution in [0.3, 0.4) is 0 Å². The van der Waals surface area contributed by atoms with Gasteiger partial charge in [0, 0.05) is 25.2 Å². The first-order valence-electron chi connectivity index (χ1n) is 6.02. The number of carboxylic acids is 1. The minimum atomic E-state index is -0.737. The summed E-state index contributed by atoms with van der Waals surface area (Å²) in [5, 5.41) is 8.61. The molecule has 1 aromatic rings. The number of rotatable bonds is 4. The van der Waals surface area contributed by atoms with Crippen molar-refractivity contribution in [1.82, 2.24) is 0 Å². The summed E-state index contributed by atoms with van der Waals surface area (Å²) in [7, 11) is 0. The van der Waals surface area contributed by atoms with Crippen LogP contribution in [0.25, 0.3) is 0 Å². The fraction of sp³-hybridized carbons (Fsp3) is 0.500. The number of hydrogen-bond acceptors (Lipinski definition) is 2. The van der Waals surface area contributed by atoms with Gasteiger partial charge in [-0.15, -0.1) is 0 Å². The second-order valence-corrected chi connectivity index (χ2v) is 5.58. The maximum Gasteiger partial charge on any atom is 0.303 e. The molecule has 0 bridgehead atoms. The lowest BCUT2D eigenvalue weighted by molar-refractivity contribution is -0.136. The van der Waals surface area contributed by atoms with Crippen molar-refractivity contribution < 1.29 is 9.90 Å². The van der Waals surface area contributed by atoms with E-state index in [4.69, 9.17) is 5.11 Å². The highest BCUT2D eigenvalue weighted by molar-refractivity contribution is 5.67. The Bertz CT molecular complexity index is 401. The molecule has 1 aliphatic rings. The van der Waals surface area contributed by atoms with Gasteiger partial charge >= 0.3 is 5.97 Å².